The lowest BCUT2D eigenvalue weighted by molar-refractivity contribution is -0.111. The summed E-state index contributed by atoms with van der Waals surface area (Å²) in [5.41, 5.74) is 0. The highest BCUT2D eigenvalue weighted by Gasteiger charge is 2.17. The first-order valence-corrected chi connectivity index (χ1v) is 9.78. The van der Waals surface area contributed by atoms with Crippen molar-refractivity contribution in [1.29, 1.82) is 0 Å². The fourth-order valence-corrected chi connectivity index (χ4v) is 3.05. The molecule has 0 aliphatic rings. The number of fused-ring (bicyclic) bond motifs is 1. The van der Waals surface area contributed by atoms with Crippen molar-refractivity contribution >= 4 is 57.4 Å². The van der Waals surface area contributed by atoms with Crippen molar-refractivity contribution in [2.45, 2.75) is 9.79 Å². The van der Waals surface area contributed by atoms with Crippen molar-refractivity contribution < 1.29 is 35.5 Å². The van der Waals surface area contributed by atoms with Gasteiger partial charge >= 0.3 is 0 Å². The molecule has 0 radical (unpaired) electrons. The van der Waals surface area contributed by atoms with Crippen LogP contribution in [-0.4, -0.2) is 36.3 Å². The second kappa shape index (κ2) is 6.32. The van der Waals surface area contributed by atoms with Gasteiger partial charge < -0.3 is 4.74 Å². The number of ether oxygens (including phenoxy) is 1. The van der Waals surface area contributed by atoms with E-state index in [0.717, 1.165) is 24.3 Å². The molecule has 0 aliphatic heterocycles. The molecule has 2 aromatic rings. The van der Waals surface area contributed by atoms with Crippen LogP contribution < -0.4 is 4.74 Å². The van der Waals surface area contributed by atoms with Crippen molar-refractivity contribution in [2.24, 2.45) is 0 Å². The maximum atomic E-state index is 11.3. The van der Waals surface area contributed by atoms with E-state index < -0.39 is 30.0 Å². The maximum absolute atomic E-state index is 11.3. The molecule has 0 heterocycles. The summed E-state index contributed by atoms with van der Waals surface area (Å²) in [6, 6.07) is 5.46. The summed E-state index contributed by atoms with van der Waals surface area (Å²) in [4.78, 5) is 10.0. The first kappa shape index (κ1) is 18.1. The van der Waals surface area contributed by atoms with Gasteiger partial charge in [0.1, 0.15) is 5.75 Å². The Bertz CT molecular complexity index is 990. The number of rotatable bonds is 5. The van der Waals surface area contributed by atoms with Crippen molar-refractivity contribution in [3.8, 4) is 5.75 Å². The van der Waals surface area contributed by atoms with Crippen LogP contribution in [0, 0.1) is 0 Å². The van der Waals surface area contributed by atoms with Crippen molar-refractivity contribution in [3.05, 3.63) is 30.3 Å². The zero-order chi connectivity index (χ0) is 17.4. The molecule has 2 aromatic carbocycles. The molecule has 0 atom stereocenters. The van der Waals surface area contributed by atoms with E-state index in [2.05, 4.69) is 0 Å². The fourth-order valence-electron chi connectivity index (χ4n) is 1.85. The highest BCUT2D eigenvalue weighted by molar-refractivity contribution is 14.1. The summed E-state index contributed by atoms with van der Waals surface area (Å²) in [5.74, 6) is -0.0259. The van der Waals surface area contributed by atoms with Crippen molar-refractivity contribution in [2.75, 3.05) is 6.61 Å². The summed E-state index contributed by atoms with van der Waals surface area (Å²) in [5, 5.41) is 0.397. The quantitative estimate of drug-likeness (QED) is 0.381. The van der Waals surface area contributed by atoms with E-state index in [-0.39, 0.29) is 21.5 Å². The van der Waals surface area contributed by atoms with Crippen molar-refractivity contribution in [1.82, 2.24) is 0 Å². The third kappa shape index (κ3) is 4.38. The number of carbonyl (C=O) groups excluding carboxylic acids is 1. The van der Waals surface area contributed by atoms with Crippen LogP contribution in [0.25, 0.3) is 10.8 Å². The molecule has 11 heteroatoms. The standard InChI is InChI=1S/C12H9IO8S2/c13-12(14)6-21-11-5-9(23(18,19)20)4-7-3-8(22(15,16)17)1-2-10(7)11/h1-5H,6H2,(H,15,16,17)(H,18,19,20). The van der Waals surface area contributed by atoms with Crippen LogP contribution >= 0.6 is 22.6 Å². The lowest BCUT2D eigenvalue weighted by Gasteiger charge is -2.10. The molecule has 124 valence electrons. The minimum atomic E-state index is -4.58. The molecule has 2 N–H and O–H groups in total. The Kier molecular flexibility index (Phi) is 4.96. The van der Waals surface area contributed by atoms with Gasteiger partial charge in [-0.15, -0.1) is 0 Å². The van der Waals surface area contributed by atoms with E-state index in [1.807, 2.05) is 0 Å². The Hall–Kier alpha value is -1.28. The topological polar surface area (TPSA) is 135 Å². The van der Waals surface area contributed by atoms with E-state index in [1.165, 1.54) is 28.7 Å². The molecular formula is C12H9IO8S2. The molecule has 0 bridgehead atoms. The fraction of sp³-hybridized carbons (Fsp3) is 0.0833. The van der Waals surface area contributed by atoms with Crippen LogP contribution in [0.5, 0.6) is 5.75 Å². The molecule has 0 amide bonds. The Morgan fingerprint density at radius 1 is 1.00 bits per heavy atom. The lowest BCUT2D eigenvalue weighted by atomic mass is 10.1. The van der Waals surface area contributed by atoms with Crippen molar-refractivity contribution in [3.63, 3.8) is 0 Å². The van der Waals surface area contributed by atoms with Crippen LogP contribution in [0.4, 0.5) is 0 Å². The highest BCUT2D eigenvalue weighted by Crippen LogP contribution is 2.31. The van der Waals surface area contributed by atoms with Gasteiger partial charge in [0.15, 0.2) is 6.61 Å². The maximum Gasteiger partial charge on any atom is 0.294 e. The summed E-state index contributed by atoms with van der Waals surface area (Å²) < 4.78 is 68.0. The Labute approximate surface area is 145 Å². The second-order valence-corrected chi connectivity index (χ2v) is 8.44. The number of benzene rings is 2. The van der Waals surface area contributed by atoms with E-state index in [0.29, 0.717) is 5.39 Å². The zero-order valence-corrected chi connectivity index (χ0v) is 14.9. The normalized spacial score (nSPS) is 12.3. The first-order valence-electron chi connectivity index (χ1n) is 5.82. The average Bonchev–Trinajstić information content (AvgIpc) is 2.41. The summed E-state index contributed by atoms with van der Waals surface area (Å²) in [7, 11) is -9.07. The molecule has 0 spiro atoms. The third-order valence-electron chi connectivity index (χ3n) is 2.80. The molecule has 0 aliphatic carbocycles. The number of hydrogen-bond acceptors (Lipinski definition) is 6. The highest BCUT2D eigenvalue weighted by atomic mass is 127. The first-order chi connectivity index (χ1) is 10.5. The molecule has 0 saturated carbocycles. The molecule has 23 heavy (non-hydrogen) atoms. The minimum absolute atomic E-state index is 0.0259. The molecule has 0 aromatic heterocycles. The molecule has 0 fully saturated rings. The Morgan fingerprint density at radius 2 is 1.57 bits per heavy atom. The predicted molar refractivity (Wildman–Crippen MR) is 88.1 cm³/mol. The van der Waals surface area contributed by atoms with E-state index in [1.54, 1.807) is 0 Å². The average molecular weight is 472 g/mol. The molecule has 0 unspecified atom stereocenters. The zero-order valence-electron chi connectivity index (χ0n) is 11.1. The van der Waals surface area contributed by atoms with Gasteiger partial charge in [-0.1, -0.05) is 0 Å². The minimum Gasteiger partial charge on any atom is -0.484 e. The summed E-state index contributed by atoms with van der Waals surface area (Å²) >= 11 is 1.49. The SMILES string of the molecule is O=C(I)COc1cc(S(=O)(=O)O)cc2cc(S(=O)(=O)O)ccc12. The van der Waals surface area contributed by atoms with Crippen LogP contribution in [0.3, 0.4) is 0 Å². The Morgan fingerprint density at radius 3 is 2.09 bits per heavy atom. The van der Waals surface area contributed by atoms with Crippen LogP contribution in [0.2, 0.25) is 0 Å². The van der Waals surface area contributed by atoms with Gasteiger partial charge in [-0.25, -0.2) is 0 Å². The van der Waals surface area contributed by atoms with E-state index >= 15 is 0 Å². The summed E-state index contributed by atoms with van der Waals surface area (Å²) in [6.07, 6.45) is 0. The van der Waals surface area contributed by atoms with Gasteiger partial charge in [-0.2, -0.15) is 16.8 Å². The third-order valence-corrected chi connectivity index (χ3v) is 4.79. The van der Waals surface area contributed by atoms with Gasteiger partial charge in [0, 0.05) is 34.0 Å². The second-order valence-electron chi connectivity index (χ2n) is 4.40. The van der Waals surface area contributed by atoms with Crippen LogP contribution in [-0.2, 0) is 25.0 Å². The number of carbonyl (C=O) groups is 1. The Balaban J connectivity index is 2.75. The largest absolute Gasteiger partial charge is 0.484 e. The molecular weight excluding hydrogens is 463 g/mol. The van der Waals surface area contributed by atoms with Crippen LogP contribution in [0.1, 0.15) is 0 Å². The molecule has 8 nitrogen and oxygen atoms in total. The van der Waals surface area contributed by atoms with Gasteiger partial charge in [0.05, 0.1) is 9.79 Å². The smallest absolute Gasteiger partial charge is 0.294 e. The number of hydrogen-bond donors (Lipinski definition) is 2. The van der Waals surface area contributed by atoms with E-state index in [9.17, 15) is 21.6 Å². The van der Waals surface area contributed by atoms with Gasteiger partial charge in [0.2, 0.25) is 3.79 Å². The lowest BCUT2D eigenvalue weighted by Crippen LogP contribution is -2.06. The summed E-state index contributed by atoms with van der Waals surface area (Å²) in [6.45, 7) is -0.343. The number of halogens is 1. The monoisotopic (exact) mass is 472 g/mol. The van der Waals surface area contributed by atoms with Gasteiger partial charge in [-0.05, 0) is 29.7 Å². The molecule has 0 saturated heterocycles. The van der Waals surface area contributed by atoms with Crippen LogP contribution in [0.15, 0.2) is 40.1 Å². The van der Waals surface area contributed by atoms with Gasteiger partial charge in [-0.3, -0.25) is 13.9 Å². The van der Waals surface area contributed by atoms with E-state index in [4.69, 9.17) is 13.8 Å². The van der Waals surface area contributed by atoms with Gasteiger partial charge in [0.25, 0.3) is 20.2 Å². The molecule has 2 rings (SSSR count). The predicted octanol–water partition coefficient (Wildman–Crippen LogP) is 1.67.